The monoisotopic (exact) mass is 348 g/mol. The molecule has 0 spiro atoms. The fraction of sp³-hybridized carbons (Fsp3) is 0.462. The molecule has 2 N–H and O–H groups in total. The second-order valence-electron chi connectivity index (χ2n) is 4.89. The van der Waals surface area contributed by atoms with Gasteiger partial charge >= 0.3 is 6.03 Å². The van der Waals surface area contributed by atoms with Crippen molar-refractivity contribution in [2.45, 2.75) is 12.5 Å². The largest absolute Gasteiger partial charge is 0.495 e. The van der Waals surface area contributed by atoms with E-state index in [0.29, 0.717) is 28.6 Å². The Kier molecular flexibility index (Phi) is 5.02. The van der Waals surface area contributed by atoms with Crippen LogP contribution in [0.3, 0.4) is 0 Å². The van der Waals surface area contributed by atoms with E-state index < -0.39 is 15.9 Å². The molecule has 2 rings (SSSR count). The molecule has 1 fully saturated rings. The lowest BCUT2D eigenvalue weighted by molar-refractivity contribution is 0.249. The standard InChI is InChI=1S/C13H17ClN2O5S/c1-20-11-6-12(21-2)10(5-9(11)14)16-13(17)15-8-3-4-22(18,19)7-8/h5-6,8H,3-4,7H2,1-2H3,(H2,15,16,17)/t8-/m1/s1. The first-order valence-corrected chi connectivity index (χ1v) is 8.74. The number of rotatable bonds is 4. The van der Waals surface area contributed by atoms with Gasteiger partial charge in [-0.3, -0.25) is 0 Å². The highest BCUT2D eigenvalue weighted by Crippen LogP contribution is 2.35. The molecule has 1 aromatic carbocycles. The molecule has 1 atom stereocenters. The molecule has 1 heterocycles. The molecule has 1 saturated heterocycles. The van der Waals surface area contributed by atoms with Gasteiger partial charge in [-0.2, -0.15) is 0 Å². The maximum atomic E-state index is 12.0. The van der Waals surface area contributed by atoms with Gasteiger partial charge in [0.05, 0.1) is 36.4 Å². The Morgan fingerprint density at radius 3 is 2.50 bits per heavy atom. The summed E-state index contributed by atoms with van der Waals surface area (Å²) in [7, 11) is -0.120. The molecule has 0 aliphatic carbocycles. The van der Waals surface area contributed by atoms with Gasteiger partial charge in [-0.05, 0) is 12.5 Å². The van der Waals surface area contributed by atoms with Crippen molar-refractivity contribution in [3.05, 3.63) is 17.2 Å². The molecule has 1 aromatic rings. The van der Waals surface area contributed by atoms with Gasteiger partial charge in [0.25, 0.3) is 0 Å². The number of sulfone groups is 1. The lowest BCUT2D eigenvalue weighted by atomic mass is 10.2. The maximum absolute atomic E-state index is 12.0. The van der Waals surface area contributed by atoms with Crippen molar-refractivity contribution in [2.24, 2.45) is 0 Å². The molecule has 22 heavy (non-hydrogen) atoms. The van der Waals surface area contributed by atoms with Crippen LogP contribution < -0.4 is 20.1 Å². The molecule has 0 saturated carbocycles. The Hall–Kier alpha value is -1.67. The normalized spacial score (nSPS) is 19.5. The van der Waals surface area contributed by atoms with E-state index in [1.165, 1.54) is 20.3 Å². The van der Waals surface area contributed by atoms with Crippen LogP contribution in [0.5, 0.6) is 11.5 Å². The lowest BCUT2D eigenvalue weighted by Gasteiger charge is -2.15. The van der Waals surface area contributed by atoms with Crippen LogP contribution in [0, 0.1) is 0 Å². The van der Waals surface area contributed by atoms with Crippen molar-refractivity contribution in [3.8, 4) is 11.5 Å². The van der Waals surface area contributed by atoms with Crippen molar-refractivity contribution >= 4 is 33.2 Å². The second kappa shape index (κ2) is 6.62. The van der Waals surface area contributed by atoms with Gasteiger partial charge < -0.3 is 20.1 Å². The Labute approximate surface area is 133 Å². The van der Waals surface area contributed by atoms with Crippen LogP contribution in [-0.4, -0.2) is 46.2 Å². The number of halogens is 1. The van der Waals surface area contributed by atoms with Crippen molar-refractivity contribution in [3.63, 3.8) is 0 Å². The van der Waals surface area contributed by atoms with Crippen molar-refractivity contribution in [2.75, 3.05) is 31.0 Å². The van der Waals surface area contributed by atoms with E-state index in [0.717, 1.165) is 0 Å². The molecule has 9 heteroatoms. The summed E-state index contributed by atoms with van der Waals surface area (Å²) in [6.07, 6.45) is 0.413. The van der Waals surface area contributed by atoms with Gasteiger partial charge in [0.2, 0.25) is 0 Å². The number of anilines is 1. The first-order valence-electron chi connectivity index (χ1n) is 6.54. The fourth-order valence-electron chi connectivity index (χ4n) is 2.21. The zero-order valence-corrected chi connectivity index (χ0v) is 13.8. The average molecular weight is 349 g/mol. The van der Waals surface area contributed by atoms with Gasteiger partial charge in [0.1, 0.15) is 11.5 Å². The highest BCUT2D eigenvalue weighted by molar-refractivity contribution is 7.91. The number of benzene rings is 1. The summed E-state index contributed by atoms with van der Waals surface area (Å²) in [5.74, 6) is 0.859. The molecule has 122 valence electrons. The van der Waals surface area contributed by atoms with Gasteiger partial charge in [-0.15, -0.1) is 0 Å². The second-order valence-corrected chi connectivity index (χ2v) is 7.52. The number of carbonyl (C=O) groups excluding carboxylic acids is 1. The van der Waals surface area contributed by atoms with Crippen LogP contribution in [0.1, 0.15) is 6.42 Å². The van der Waals surface area contributed by atoms with E-state index in [4.69, 9.17) is 21.1 Å². The van der Waals surface area contributed by atoms with Crippen molar-refractivity contribution < 1.29 is 22.7 Å². The number of hydrogen-bond donors (Lipinski definition) is 2. The third-order valence-electron chi connectivity index (χ3n) is 3.29. The first-order chi connectivity index (χ1) is 10.3. The topological polar surface area (TPSA) is 93.7 Å². The van der Waals surface area contributed by atoms with Crippen LogP contribution in [0.2, 0.25) is 5.02 Å². The minimum Gasteiger partial charge on any atom is -0.495 e. The minimum atomic E-state index is -3.05. The fourth-order valence-corrected chi connectivity index (χ4v) is 4.12. The Morgan fingerprint density at radius 2 is 1.95 bits per heavy atom. The van der Waals surface area contributed by atoms with Gasteiger partial charge in [0, 0.05) is 12.1 Å². The third kappa shape index (κ3) is 3.95. The third-order valence-corrected chi connectivity index (χ3v) is 5.35. The van der Waals surface area contributed by atoms with Gasteiger partial charge in [-0.25, -0.2) is 13.2 Å². The molecule has 7 nitrogen and oxygen atoms in total. The van der Waals surface area contributed by atoms with Crippen molar-refractivity contribution in [1.29, 1.82) is 0 Å². The molecule has 0 unspecified atom stereocenters. The number of carbonyl (C=O) groups is 1. The van der Waals surface area contributed by atoms with E-state index in [-0.39, 0.29) is 17.5 Å². The Balaban J connectivity index is 2.07. The van der Waals surface area contributed by atoms with Gasteiger partial charge in [0.15, 0.2) is 9.84 Å². The number of methoxy groups -OCH3 is 2. The number of hydrogen-bond acceptors (Lipinski definition) is 5. The highest BCUT2D eigenvalue weighted by atomic mass is 35.5. The molecule has 1 aliphatic rings. The number of ether oxygens (including phenoxy) is 2. The van der Waals surface area contributed by atoms with E-state index in [1.807, 2.05) is 0 Å². The Morgan fingerprint density at radius 1 is 1.27 bits per heavy atom. The van der Waals surface area contributed by atoms with E-state index >= 15 is 0 Å². The molecule has 0 aromatic heterocycles. The summed E-state index contributed by atoms with van der Waals surface area (Å²) in [6, 6.07) is 2.16. The Bertz CT molecular complexity index is 677. The molecular weight excluding hydrogens is 332 g/mol. The first kappa shape index (κ1) is 16.7. The zero-order chi connectivity index (χ0) is 16.3. The quantitative estimate of drug-likeness (QED) is 0.863. The highest BCUT2D eigenvalue weighted by Gasteiger charge is 2.29. The van der Waals surface area contributed by atoms with E-state index in [1.54, 1.807) is 6.07 Å². The van der Waals surface area contributed by atoms with Crippen LogP contribution in [0.15, 0.2) is 12.1 Å². The molecule has 0 radical (unpaired) electrons. The van der Waals surface area contributed by atoms with E-state index in [9.17, 15) is 13.2 Å². The molecule has 0 bridgehead atoms. The summed E-state index contributed by atoms with van der Waals surface area (Å²) in [6.45, 7) is 0. The van der Waals surface area contributed by atoms with Crippen LogP contribution in [0.4, 0.5) is 10.5 Å². The number of amides is 2. The summed E-state index contributed by atoms with van der Waals surface area (Å²) in [4.78, 5) is 12.0. The lowest BCUT2D eigenvalue weighted by Crippen LogP contribution is -2.38. The summed E-state index contributed by atoms with van der Waals surface area (Å²) in [5, 5.41) is 5.54. The summed E-state index contributed by atoms with van der Waals surface area (Å²) < 4.78 is 33.0. The predicted octanol–water partition coefficient (Wildman–Crippen LogP) is 1.67. The number of urea groups is 1. The molecule has 2 amide bonds. The minimum absolute atomic E-state index is 0.0408. The zero-order valence-electron chi connectivity index (χ0n) is 12.2. The predicted molar refractivity (Wildman–Crippen MR) is 83.8 cm³/mol. The van der Waals surface area contributed by atoms with Crippen LogP contribution >= 0.6 is 11.6 Å². The summed E-state index contributed by atoms with van der Waals surface area (Å²) in [5.41, 5.74) is 0.367. The van der Waals surface area contributed by atoms with Crippen molar-refractivity contribution in [1.82, 2.24) is 5.32 Å². The smallest absolute Gasteiger partial charge is 0.319 e. The van der Waals surface area contributed by atoms with Gasteiger partial charge in [-0.1, -0.05) is 11.6 Å². The molecular formula is C13H17ClN2O5S. The maximum Gasteiger partial charge on any atom is 0.319 e. The average Bonchev–Trinajstić information content (AvgIpc) is 2.78. The van der Waals surface area contributed by atoms with E-state index in [2.05, 4.69) is 10.6 Å². The summed E-state index contributed by atoms with van der Waals surface area (Å²) >= 11 is 6.02. The van der Waals surface area contributed by atoms with Crippen LogP contribution in [0.25, 0.3) is 0 Å². The SMILES string of the molecule is COc1cc(OC)c(NC(=O)N[C@@H]2CCS(=O)(=O)C2)cc1Cl. The number of nitrogens with one attached hydrogen (secondary N) is 2. The van der Waals surface area contributed by atoms with Crippen LogP contribution in [-0.2, 0) is 9.84 Å². The molecule has 1 aliphatic heterocycles.